The van der Waals surface area contributed by atoms with E-state index in [-0.39, 0.29) is 5.69 Å². The van der Waals surface area contributed by atoms with E-state index in [2.05, 4.69) is 10.4 Å². The van der Waals surface area contributed by atoms with Gasteiger partial charge in [-0.2, -0.15) is 9.78 Å². The lowest BCUT2D eigenvalue weighted by molar-refractivity contribution is 0.101. The van der Waals surface area contributed by atoms with Gasteiger partial charge in [-0.15, -0.1) is 0 Å². The molecule has 29 heavy (non-hydrogen) atoms. The van der Waals surface area contributed by atoms with E-state index in [1.165, 1.54) is 21.3 Å². The minimum atomic E-state index is -0.738. The number of aromatic nitrogens is 2. The van der Waals surface area contributed by atoms with E-state index in [0.29, 0.717) is 28.6 Å². The van der Waals surface area contributed by atoms with Crippen LogP contribution in [0.3, 0.4) is 0 Å². The van der Waals surface area contributed by atoms with Crippen LogP contribution in [0.25, 0.3) is 5.69 Å². The van der Waals surface area contributed by atoms with Gasteiger partial charge in [-0.3, -0.25) is 9.59 Å². The van der Waals surface area contributed by atoms with Crippen molar-refractivity contribution in [2.24, 2.45) is 0 Å². The maximum absolute atomic E-state index is 12.8. The van der Waals surface area contributed by atoms with Gasteiger partial charge in [-0.1, -0.05) is 12.1 Å². The van der Waals surface area contributed by atoms with E-state index >= 15 is 0 Å². The van der Waals surface area contributed by atoms with Gasteiger partial charge in [0.1, 0.15) is 22.9 Å². The molecule has 0 saturated carbocycles. The standard InChI is InChI=1S/C20H19N3O6/c1-27-12-8-9-16(28-2)13(10-12)21-20(26)19-15(24)11-18(25)23(22-19)14-6-4-5-7-17(14)29-3/h4-11,24H,1-3H3,(H,21,26). The molecule has 1 aromatic heterocycles. The molecule has 3 rings (SSSR count). The zero-order valence-electron chi connectivity index (χ0n) is 16.0. The molecule has 9 nitrogen and oxygen atoms in total. The molecule has 1 heterocycles. The Morgan fingerprint density at radius 2 is 1.72 bits per heavy atom. The highest BCUT2D eigenvalue weighted by Crippen LogP contribution is 2.30. The van der Waals surface area contributed by atoms with E-state index in [4.69, 9.17) is 14.2 Å². The Kier molecular flexibility index (Phi) is 5.68. The lowest BCUT2D eigenvalue weighted by Crippen LogP contribution is -2.25. The smallest absolute Gasteiger partial charge is 0.280 e. The highest BCUT2D eigenvalue weighted by Gasteiger charge is 2.20. The lowest BCUT2D eigenvalue weighted by atomic mass is 10.2. The average molecular weight is 397 g/mol. The number of methoxy groups -OCH3 is 3. The third-order valence-corrected chi connectivity index (χ3v) is 4.09. The lowest BCUT2D eigenvalue weighted by Gasteiger charge is -2.13. The zero-order chi connectivity index (χ0) is 21.0. The molecule has 2 N–H and O–H groups in total. The summed E-state index contributed by atoms with van der Waals surface area (Å²) in [6, 6.07) is 12.5. The zero-order valence-corrected chi connectivity index (χ0v) is 16.0. The molecule has 9 heteroatoms. The fraction of sp³-hybridized carbons (Fsp3) is 0.150. The van der Waals surface area contributed by atoms with Gasteiger partial charge in [0, 0.05) is 12.1 Å². The van der Waals surface area contributed by atoms with Gasteiger partial charge in [0.15, 0.2) is 11.4 Å². The van der Waals surface area contributed by atoms with Crippen molar-refractivity contribution in [1.29, 1.82) is 0 Å². The molecule has 0 aliphatic carbocycles. The molecule has 0 aliphatic rings. The predicted octanol–water partition coefficient (Wildman–Crippen LogP) is 2.22. The topological polar surface area (TPSA) is 112 Å². The summed E-state index contributed by atoms with van der Waals surface area (Å²) in [6.45, 7) is 0. The van der Waals surface area contributed by atoms with Crippen molar-refractivity contribution in [1.82, 2.24) is 9.78 Å². The van der Waals surface area contributed by atoms with Gasteiger partial charge in [-0.05, 0) is 24.3 Å². The van der Waals surface area contributed by atoms with Crippen molar-refractivity contribution >= 4 is 11.6 Å². The highest BCUT2D eigenvalue weighted by molar-refractivity contribution is 6.05. The molecule has 0 bridgehead atoms. The number of anilines is 1. The van der Waals surface area contributed by atoms with Gasteiger partial charge in [-0.25, -0.2) is 0 Å². The highest BCUT2D eigenvalue weighted by atomic mass is 16.5. The van der Waals surface area contributed by atoms with Gasteiger partial charge < -0.3 is 24.6 Å². The maximum Gasteiger partial charge on any atom is 0.280 e. The van der Waals surface area contributed by atoms with Gasteiger partial charge >= 0.3 is 0 Å². The quantitative estimate of drug-likeness (QED) is 0.656. The molecule has 0 saturated heterocycles. The van der Waals surface area contributed by atoms with Crippen LogP contribution in [-0.4, -0.2) is 42.1 Å². The number of carbonyl (C=O) groups is 1. The molecule has 0 unspecified atom stereocenters. The Morgan fingerprint density at radius 1 is 1.00 bits per heavy atom. The van der Waals surface area contributed by atoms with Crippen LogP contribution >= 0.6 is 0 Å². The minimum absolute atomic E-state index is 0.313. The first-order valence-electron chi connectivity index (χ1n) is 8.48. The fourth-order valence-electron chi connectivity index (χ4n) is 2.68. The van der Waals surface area contributed by atoms with Crippen molar-refractivity contribution in [2.75, 3.05) is 26.6 Å². The Bertz CT molecular complexity index is 1110. The average Bonchev–Trinajstić information content (AvgIpc) is 2.73. The van der Waals surface area contributed by atoms with Crippen LogP contribution in [0.5, 0.6) is 23.0 Å². The fourth-order valence-corrected chi connectivity index (χ4v) is 2.68. The van der Waals surface area contributed by atoms with E-state index in [9.17, 15) is 14.7 Å². The number of nitrogens with zero attached hydrogens (tertiary/aromatic N) is 2. The third-order valence-electron chi connectivity index (χ3n) is 4.09. The van der Waals surface area contributed by atoms with Crippen LogP contribution in [-0.2, 0) is 0 Å². The number of aromatic hydroxyl groups is 1. The van der Waals surface area contributed by atoms with Crippen LogP contribution in [0.2, 0.25) is 0 Å². The third kappa shape index (κ3) is 3.98. The number of benzene rings is 2. The first-order chi connectivity index (χ1) is 14.0. The van der Waals surface area contributed by atoms with Crippen LogP contribution < -0.4 is 25.1 Å². The molecule has 150 valence electrons. The first kappa shape index (κ1) is 19.7. The number of hydrogen-bond donors (Lipinski definition) is 2. The number of para-hydroxylation sites is 2. The van der Waals surface area contributed by atoms with E-state index < -0.39 is 17.2 Å². The molecule has 0 spiro atoms. The largest absolute Gasteiger partial charge is 0.505 e. The number of rotatable bonds is 6. The van der Waals surface area contributed by atoms with Crippen LogP contribution in [0.15, 0.2) is 53.3 Å². The molecule has 3 aromatic rings. The van der Waals surface area contributed by atoms with Crippen molar-refractivity contribution in [3.05, 3.63) is 64.6 Å². The number of ether oxygens (including phenoxy) is 3. The second-order valence-electron chi connectivity index (χ2n) is 5.82. The number of hydrogen-bond acceptors (Lipinski definition) is 7. The summed E-state index contributed by atoms with van der Waals surface area (Å²) in [5.41, 5.74) is -0.330. The van der Waals surface area contributed by atoms with Crippen LogP contribution in [0.1, 0.15) is 10.5 Å². The van der Waals surface area contributed by atoms with Crippen molar-refractivity contribution in [2.45, 2.75) is 0 Å². The summed E-state index contributed by atoms with van der Waals surface area (Å²) < 4.78 is 16.6. The van der Waals surface area contributed by atoms with Gasteiger partial charge in [0.25, 0.3) is 11.5 Å². The second-order valence-corrected chi connectivity index (χ2v) is 5.82. The number of carbonyl (C=O) groups excluding carboxylic acids is 1. The molecule has 0 radical (unpaired) electrons. The molecule has 2 aromatic carbocycles. The first-order valence-corrected chi connectivity index (χ1v) is 8.48. The van der Waals surface area contributed by atoms with Crippen molar-refractivity contribution in [3.63, 3.8) is 0 Å². The normalized spacial score (nSPS) is 10.3. The van der Waals surface area contributed by atoms with Gasteiger partial charge in [0.05, 0.1) is 27.0 Å². The Balaban J connectivity index is 2.04. The molecule has 0 aliphatic heterocycles. The Labute approximate surface area is 166 Å². The Hall–Kier alpha value is -4.01. The molecule has 0 atom stereocenters. The summed E-state index contributed by atoms with van der Waals surface area (Å²) in [5.74, 6) is -0.0270. The van der Waals surface area contributed by atoms with Crippen LogP contribution in [0, 0.1) is 0 Å². The summed E-state index contributed by atoms with van der Waals surface area (Å²) in [4.78, 5) is 25.1. The number of amides is 1. The Morgan fingerprint density at radius 3 is 2.41 bits per heavy atom. The second kappa shape index (κ2) is 8.34. The summed E-state index contributed by atoms with van der Waals surface area (Å²) in [7, 11) is 4.39. The summed E-state index contributed by atoms with van der Waals surface area (Å²) in [6.07, 6.45) is 0. The van der Waals surface area contributed by atoms with Crippen molar-refractivity contribution in [3.8, 4) is 28.7 Å². The van der Waals surface area contributed by atoms with Crippen LogP contribution in [0.4, 0.5) is 5.69 Å². The molecule has 0 fully saturated rings. The van der Waals surface area contributed by atoms with E-state index in [1.807, 2.05) is 0 Å². The molecule has 1 amide bonds. The van der Waals surface area contributed by atoms with E-state index in [1.54, 1.807) is 42.5 Å². The molecular weight excluding hydrogens is 378 g/mol. The van der Waals surface area contributed by atoms with Crippen molar-refractivity contribution < 1.29 is 24.1 Å². The number of nitrogens with one attached hydrogen (secondary N) is 1. The monoisotopic (exact) mass is 397 g/mol. The maximum atomic E-state index is 12.8. The summed E-state index contributed by atoms with van der Waals surface area (Å²) >= 11 is 0. The van der Waals surface area contributed by atoms with E-state index in [0.717, 1.165) is 10.7 Å². The summed E-state index contributed by atoms with van der Waals surface area (Å²) in [5, 5.41) is 16.8. The minimum Gasteiger partial charge on any atom is -0.505 e. The van der Waals surface area contributed by atoms with Gasteiger partial charge in [0.2, 0.25) is 0 Å². The SMILES string of the molecule is COc1ccc(OC)c(NC(=O)c2nn(-c3ccccc3OC)c(=O)cc2O)c1. The molecular formula is C20H19N3O6. The predicted molar refractivity (Wildman–Crippen MR) is 106 cm³/mol.